The molecule has 2 nitrogen and oxygen atoms in total. The second-order valence-electron chi connectivity index (χ2n) is 5.79. The number of rotatable bonds is 5. The highest BCUT2D eigenvalue weighted by Crippen LogP contribution is 2.18. The van der Waals surface area contributed by atoms with E-state index in [1.54, 1.807) is 0 Å². The first-order valence-corrected chi connectivity index (χ1v) is 6.13. The number of carbonyl (C=O) groups is 1. The third kappa shape index (κ3) is 8.73. The van der Waals surface area contributed by atoms with Crippen LogP contribution in [-0.4, -0.2) is 17.8 Å². The van der Waals surface area contributed by atoms with Crippen LogP contribution in [0.15, 0.2) is 0 Å². The van der Waals surface area contributed by atoms with E-state index in [9.17, 15) is 4.79 Å². The third-order valence-corrected chi connectivity index (χ3v) is 2.37. The Kier molecular flexibility index (Phi) is 6.26. The first-order valence-electron chi connectivity index (χ1n) is 5.60. The summed E-state index contributed by atoms with van der Waals surface area (Å²) in [6, 6.07) is 0.113. The molecule has 0 bridgehead atoms. The van der Waals surface area contributed by atoms with Gasteiger partial charge in [-0.1, -0.05) is 34.6 Å². The summed E-state index contributed by atoms with van der Waals surface area (Å²) < 4.78 is 0. The average molecular weight is 234 g/mol. The summed E-state index contributed by atoms with van der Waals surface area (Å²) >= 11 is 5.81. The van der Waals surface area contributed by atoms with Gasteiger partial charge in [-0.15, -0.1) is 11.6 Å². The number of halogens is 1. The Bertz CT molecular complexity index is 196. The summed E-state index contributed by atoms with van der Waals surface area (Å²) in [5.74, 6) is 1.16. The number of hydrogen-bond acceptors (Lipinski definition) is 1. The van der Waals surface area contributed by atoms with Crippen LogP contribution >= 0.6 is 11.6 Å². The van der Waals surface area contributed by atoms with Crippen LogP contribution in [0.2, 0.25) is 0 Å². The molecule has 15 heavy (non-hydrogen) atoms. The Labute approximate surface area is 98.8 Å². The first kappa shape index (κ1) is 14.8. The van der Waals surface area contributed by atoms with Gasteiger partial charge in [0, 0.05) is 18.3 Å². The predicted octanol–water partition coefficient (Wildman–Crippen LogP) is 3.19. The summed E-state index contributed by atoms with van der Waals surface area (Å²) in [4.78, 5) is 11.6. The Morgan fingerprint density at radius 2 is 1.87 bits per heavy atom. The molecule has 0 aromatic rings. The Morgan fingerprint density at radius 1 is 1.33 bits per heavy atom. The van der Waals surface area contributed by atoms with E-state index in [0.29, 0.717) is 18.2 Å². The molecule has 0 aliphatic carbocycles. The summed E-state index contributed by atoms with van der Waals surface area (Å²) in [5, 5.41) is 2.98. The third-order valence-electron chi connectivity index (χ3n) is 2.00. The standard InChI is InChI=1S/C12H24ClNO/c1-9(2)6-10(8-13)14-11(15)7-12(3,4)5/h9-10H,6-8H2,1-5H3,(H,14,15). The van der Waals surface area contributed by atoms with Crippen LogP contribution in [0.3, 0.4) is 0 Å². The fourth-order valence-electron chi connectivity index (χ4n) is 1.49. The Hall–Kier alpha value is -0.240. The minimum absolute atomic E-state index is 0.0405. The molecule has 0 radical (unpaired) electrons. The lowest BCUT2D eigenvalue weighted by Crippen LogP contribution is -2.38. The van der Waals surface area contributed by atoms with E-state index in [1.165, 1.54) is 0 Å². The van der Waals surface area contributed by atoms with E-state index in [2.05, 4.69) is 39.9 Å². The number of amides is 1. The molecule has 0 aliphatic heterocycles. The highest BCUT2D eigenvalue weighted by atomic mass is 35.5. The molecular formula is C12H24ClNO. The molecule has 0 aromatic heterocycles. The average Bonchev–Trinajstić information content (AvgIpc) is 1.98. The maximum atomic E-state index is 11.6. The van der Waals surface area contributed by atoms with E-state index in [-0.39, 0.29) is 17.4 Å². The van der Waals surface area contributed by atoms with Gasteiger partial charge in [0.25, 0.3) is 0 Å². The van der Waals surface area contributed by atoms with Gasteiger partial charge in [0.2, 0.25) is 5.91 Å². The SMILES string of the molecule is CC(C)CC(CCl)NC(=O)CC(C)(C)C. The molecule has 1 amide bonds. The van der Waals surface area contributed by atoms with Crippen LogP contribution in [0.5, 0.6) is 0 Å². The van der Waals surface area contributed by atoms with Crippen LogP contribution in [0, 0.1) is 11.3 Å². The van der Waals surface area contributed by atoms with Crippen LogP contribution in [0.1, 0.15) is 47.5 Å². The van der Waals surface area contributed by atoms with Gasteiger partial charge in [0.15, 0.2) is 0 Å². The molecule has 3 heteroatoms. The van der Waals surface area contributed by atoms with Gasteiger partial charge in [-0.25, -0.2) is 0 Å². The van der Waals surface area contributed by atoms with Crippen molar-refractivity contribution < 1.29 is 4.79 Å². The van der Waals surface area contributed by atoms with Gasteiger partial charge in [-0.3, -0.25) is 4.79 Å². The molecule has 0 rings (SSSR count). The lowest BCUT2D eigenvalue weighted by molar-refractivity contribution is -0.123. The van der Waals surface area contributed by atoms with Gasteiger partial charge in [-0.05, 0) is 17.8 Å². The Balaban J connectivity index is 4.02. The predicted molar refractivity (Wildman–Crippen MR) is 66.2 cm³/mol. The van der Waals surface area contributed by atoms with Crippen LogP contribution in [0.25, 0.3) is 0 Å². The quantitative estimate of drug-likeness (QED) is 0.726. The van der Waals surface area contributed by atoms with Gasteiger partial charge in [0.05, 0.1) is 0 Å². The lowest BCUT2D eigenvalue weighted by atomic mass is 9.91. The molecule has 0 saturated heterocycles. The second-order valence-corrected chi connectivity index (χ2v) is 6.09. The molecule has 90 valence electrons. The summed E-state index contributed by atoms with van der Waals surface area (Å²) in [7, 11) is 0. The van der Waals surface area contributed by atoms with Crippen molar-refractivity contribution in [2.45, 2.75) is 53.5 Å². The van der Waals surface area contributed by atoms with Crippen LogP contribution in [0.4, 0.5) is 0 Å². The highest BCUT2D eigenvalue weighted by molar-refractivity contribution is 6.18. The van der Waals surface area contributed by atoms with E-state index in [0.717, 1.165) is 6.42 Å². The normalized spacial score (nSPS) is 14.1. The zero-order chi connectivity index (χ0) is 12.1. The molecular weight excluding hydrogens is 210 g/mol. The van der Waals surface area contributed by atoms with Crippen molar-refractivity contribution in [1.29, 1.82) is 0 Å². The first-order chi connectivity index (χ1) is 6.74. The largest absolute Gasteiger partial charge is 0.352 e. The molecule has 1 N–H and O–H groups in total. The molecule has 1 atom stereocenters. The van der Waals surface area contributed by atoms with Crippen molar-refractivity contribution in [2.24, 2.45) is 11.3 Å². The Morgan fingerprint density at radius 3 is 2.20 bits per heavy atom. The van der Waals surface area contributed by atoms with E-state index in [1.807, 2.05) is 0 Å². The zero-order valence-corrected chi connectivity index (χ0v) is 11.3. The number of alkyl halides is 1. The maximum Gasteiger partial charge on any atom is 0.220 e. The minimum Gasteiger partial charge on any atom is -0.352 e. The smallest absolute Gasteiger partial charge is 0.220 e. The van der Waals surface area contributed by atoms with Gasteiger partial charge in [0.1, 0.15) is 0 Å². The summed E-state index contributed by atoms with van der Waals surface area (Å²) in [6.45, 7) is 10.4. The summed E-state index contributed by atoms with van der Waals surface area (Å²) in [5.41, 5.74) is 0.0405. The fraction of sp³-hybridized carbons (Fsp3) is 0.917. The van der Waals surface area contributed by atoms with Crippen LogP contribution in [-0.2, 0) is 4.79 Å². The van der Waals surface area contributed by atoms with E-state index >= 15 is 0 Å². The van der Waals surface area contributed by atoms with Gasteiger partial charge >= 0.3 is 0 Å². The minimum atomic E-state index is 0.0405. The monoisotopic (exact) mass is 233 g/mol. The lowest BCUT2D eigenvalue weighted by Gasteiger charge is -2.22. The van der Waals surface area contributed by atoms with E-state index < -0.39 is 0 Å². The molecule has 0 heterocycles. The van der Waals surface area contributed by atoms with Crippen molar-refractivity contribution in [3.8, 4) is 0 Å². The van der Waals surface area contributed by atoms with Crippen molar-refractivity contribution in [2.75, 3.05) is 5.88 Å². The maximum absolute atomic E-state index is 11.6. The molecule has 0 saturated carbocycles. The second kappa shape index (κ2) is 6.37. The zero-order valence-electron chi connectivity index (χ0n) is 10.6. The molecule has 0 aliphatic rings. The van der Waals surface area contributed by atoms with Crippen molar-refractivity contribution in [3.63, 3.8) is 0 Å². The highest BCUT2D eigenvalue weighted by Gasteiger charge is 2.18. The fourth-order valence-corrected chi connectivity index (χ4v) is 1.69. The number of hydrogen-bond donors (Lipinski definition) is 1. The topological polar surface area (TPSA) is 29.1 Å². The number of nitrogens with one attached hydrogen (secondary N) is 1. The van der Waals surface area contributed by atoms with Crippen molar-refractivity contribution in [1.82, 2.24) is 5.32 Å². The van der Waals surface area contributed by atoms with Crippen molar-refractivity contribution >= 4 is 17.5 Å². The molecule has 0 spiro atoms. The summed E-state index contributed by atoms with van der Waals surface area (Å²) in [6.07, 6.45) is 1.50. The van der Waals surface area contributed by atoms with Gasteiger partial charge < -0.3 is 5.32 Å². The molecule has 1 unspecified atom stereocenters. The van der Waals surface area contributed by atoms with Crippen LogP contribution < -0.4 is 5.32 Å². The van der Waals surface area contributed by atoms with Crippen molar-refractivity contribution in [3.05, 3.63) is 0 Å². The van der Waals surface area contributed by atoms with E-state index in [4.69, 9.17) is 11.6 Å². The number of carbonyl (C=O) groups excluding carboxylic acids is 1. The molecule has 0 fully saturated rings. The van der Waals surface area contributed by atoms with Gasteiger partial charge in [-0.2, -0.15) is 0 Å². The molecule has 0 aromatic carbocycles.